The molecule has 5 rings (SSSR count). The van der Waals surface area contributed by atoms with Gasteiger partial charge in [0.2, 0.25) is 5.69 Å². The van der Waals surface area contributed by atoms with Crippen molar-refractivity contribution in [1.82, 2.24) is 19.5 Å². The number of pyridine rings is 2. The zero-order valence-electron chi connectivity index (χ0n) is 21.7. The Labute approximate surface area is 221 Å². The van der Waals surface area contributed by atoms with Gasteiger partial charge in [0, 0.05) is 43.4 Å². The molecule has 2 aromatic carbocycles. The van der Waals surface area contributed by atoms with Crippen molar-refractivity contribution >= 4 is 28.0 Å². The molecule has 3 heterocycles. The maximum absolute atomic E-state index is 14.3. The molecule has 3 aromatic heterocycles. The number of aryl methyl sites for hydroxylation is 1. The Bertz CT molecular complexity index is 1740. The highest BCUT2D eigenvalue weighted by Crippen LogP contribution is 2.32. The SMILES string of the molecule is [C-]#[N+]c1cnc(C)nc1N[C@@H](C)c1cc2cccc(-c3cncc(N(C)C)c3)c2c(=O)n1-c1ccccc1. The summed E-state index contributed by atoms with van der Waals surface area (Å²) in [5.41, 5.74) is 4.34. The molecule has 0 aliphatic heterocycles. The van der Waals surface area contributed by atoms with Gasteiger partial charge in [-0.1, -0.05) is 36.4 Å². The minimum absolute atomic E-state index is 0.132. The maximum Gasteiger partial charge on any atom is 0.263 e. The van der Waals surface area contributed by atoms with Crippen molar-refractivity contribution in [2.75, 3.05) is 24.3 Å². The summed E-state index contributed by atoms with van der Waals surface area (Å²) >= 11 is 0. The number of aromatic nitrogens is 4. The van der Waals surface area contributed by atoms with Crippen LogP contribution in [0.3, 0.4) is 0 Å². The number of fused-ring (bicyclic) bond motifs is 1. The molecule has 0 unspecified atom stereocenters. The molecular weight excluding hydrogens is 474 g/mol. The Balaban J connectivity index is 1.74. The fourth-order valence-electron chi connectivity index (χ4n) is 4.54. The Morgan fingerprint density at radius 1 is 1.03 bits per heavy atom. The van der Waals surface area contributed by atoms with Crippen LogP contribution in [0.2, 0.25) is 0 Å². The highest BCUT2D eigenvalue weighted by Gasteiger charge is 2.20. The lowest BCUT2D eigenvalue weighted by Gasteiger charge is -2.22. The van der Waals surface area contributed by atoms with Gasteiger partial charge in [-0.3, -0.25) is 19.3 Å². The van der Waals surface area contributed by atoms with Gasteiger partial charge < -0.3 is 10.2 Å². The first-order chi connectivity index (χ1) is 18.4. The van der Waals surface area contributed by atoms with E-state index in [2.05, 4.69) is 25.1 Å². The van der Waals surface area contributed by atoms with Gasteiger partial charge in [-0.05, 0) is 49.1 Å². The van der Waals surface area contributed by atoms with Gasteiger partial charge in [-0.2, -0.15) is 0 Å². The summed E-state index contributed by atoms with van der Waals surface area (Å²) in [4.78, 5) is 32.9. The van der Waals surface area contributed by atoms with Crippen molar-refractivity contribution < 1.29 is 0 Å². The third-order valence-corrected chi connectivity index (χ3v) is 6.45. The fourth-order valence-corrected chi connectivity index (χ4v) is 4.54. The monoisotopic (exact) mass is 501 g/mol. The third-order valence-electron chi connectivity index (χ3n) is 6.45. The smallest absolute Gasteiger partial charge is 0.263 e. The highest BCUT2D eigenvalue weighted by atomic mass is 16.1. The van der Waals surface area contributed by atoms with Gasteiger partial charge in [-0.15, -0.1) is 0 Å². The number of rotatable bonds is 6. The summed E-state index contributed by atoms with van der Waals surface area (Å²) in [7, 11) is 3.93. The van der Waals surface area contributed by atoms with Crippen LogP contribution in [0.1, 0.15) is 24.5 Å². The van der Waals surface area contributed by atoms with Gasteiger partial charge in [0.05, 0.1) is 29.9 Å². The number of anilines is 2. The second kappa shape index (κ2) is 10.1. The third kappa shape index (κ3) is 4.58. The maximum atomic E-state index is 14.3. The van der Waals surface area contributed by atoms with Crippen molar-refractivity contribution in [3.8, 4) is 16.8 Å². The summed E-state index contributed by atoms with van der Waals surface area (Å²) in [5.74, 6) is 0.997. The number of benzene rings is 2. The molecule has 0 spiro atoms. The largest absolute Gasteiger partial charge is 0.376 e. The van der Waals surface area contributed by atoms with Gasteiger partial charge in [0.15, 0.2) is 0 Å². The van der Waals surface area contributed by atoms with E-state index in [0.29, 0.717) is 22.7 Å². The molecule has 0 saturated carbocycles. The van der Waals surface area contributed by atoms with Crippen molar-refractivity contribution in [2.24, 2.45) is 0 Å². The van der Waals surface area contributed by atoms with Crippen LogP contribution >= 0.6 is 0 Å². The molecule has 0 aliphatic rings. The van der Waals surface area contributed by atoms with Gasteiger partial charge in [0.25, 0.3) is 5.56 Å². The van der Waals surface area contributed by atoms with E-state index < -0.39 is 0 Å². The highest BCUT2D eigenvalue weighted by molar-refractivity contribution is 5.97. The van der Waals surface area contributed by atoms with E-state index in [9.17, 15) is 4.79 Å². The topological polar surface area (TPSA) is 80.3 Å². The molecule has 5 aromatic rings. The second-order valence-corrected chi connectivity index (χ2v) is 9.27. The van der Waals surface area contributed by atoms with E-state index in [1.54, 1.807) is 23.9 Å². The van der Waals surface area contributed by atoms with Gasteiger partial charge >= 0.3 is 0 Å². The molecule has 0 fully saturated rings. The molecule has 1 atom stereocenters. The lowest BCUT2D eigenvalue weighted by Crippen LogP contribution is -2.26. The minimum atomic E-state index is -0.343. The van der Waals surface area contributed by atoms with Crippen molar-refractivity contribution in [3.63, 3.8) is 0 Å². The number of nitrogens with one attached hydrogen (secondary N) is 1. The lowest BCUT2D eigenvalue weighted by molar-refractivity contribution is 0.772. The number of hydrogen-bond acceptors (Lipinski definition) is 6. The van der Waals surface area contributed by atoms with Crippen LogP contribution in [0, 0.1) is 13.5 Å². The van der Waals surface area contributed by atoms with E-state index in [1.165, 1.54) is 6.20 Å². The fraction of sp³-hybridized carbons (Fsp3) is 0.167. The molecule has 0 saturated heterocycles. The average molecular weight is 502 g/mol. The average Bonchev–Trinajstić information content (AvgIpc) is 2.93. The van der Waals surface area contributed by atoms with Crippen LogP contribution < -0.4 is 15.8 Å². The number of nitrogens with zero attached hydrogens (tertiary/aromatic N) is 6. The summed E-state index contributed by atoms with van der Waals surface area (Å²) in [6.07, 6.45) is 5.10. The molecule has 188 valence electrons. The first kappa shape index (κ1) is 24.7. The van der Waals surface area contributed by atoms with Crippen molar-refractivity contribution in [2.45, 2.75) is 19.9 Å². The van der Waals surface area contributed by atoms with Crippen molar-refractivity contribution in [3.05, 3.63) is 113 Å². The van der Waals surface area contributed by atoms with E-state index >= 15 is 0 Å². The Kier molecular flexibility index (Phi) is 6.58. The van der Waals surface area contributed by atoms with Crippen LogP contribution in [0.25, 0.3) is 32.4 Å². The Morgan fingerprint density at radius 3 is 2.55 bits per heavy atom. The number of para-hydroxylation sites is 1. The van der Waals surface area contributed by atoms with E-state index in [1.807, 2.05) is 86.6 Å². The van der Waals surface area contributed by atoms with E-state index in [-0.39, 0.29) is 11.6 Å². The first-order valence-corrected chi connectivity index (χ1v) is 12.2. The summed E-state index contributed by atoms with van der Waals surface area (Å²) in [5, 5.41) is 4.78. The van der Waals surface area contributed by atoms with Crippen LogP contribution in [-0.2, 0) is 0 Å². The minimum Gasteiger partial charge on any atom is -0.376 e. The quantitative estimate of drug-likeness (QED) is 0.290. The molecule has 0 aliphatic carbocycles. The zero-order chi connectivity index (χ0) is 26.8. The Morgan fingerprint density at radius 2 is 1.82 bits per heavy atom. The number of hydrogen-bond donors (Lipinski definition) is 1. The molecule has 1 N–H and O–H groups in total. The molecule has 8 nitrogen and oxygen atoms in total. The van der Waals surface area contributed by atoms with Crippen LogP contribution in [0.4, 0.5) is 17.2 Å². The van der Waals surface area contributed by atoms with Gasteiger partial charge in [0.1, 0.15) is 11.6 Å². The van der Waals surface area contributed by atoms with E-state index in [0.717, 1.165) is 33.6 Å². The van der Waals surface area contributed by atoms with Crippen LogP contribution in [0.15, 0.2) is 84.0 Å². The summed E-state index contributed by atoms with van der Waals surface area (Å²) in [6, 6.07) is 19.2. The molecule has 0 amide bonds. The molecule has 8 heteroatoms. The predicted octanol–water partition coefficient (Wildman–Crippen LogP) is 5.94. The first-order valence-electron chi connectivity index (χ1n) is 12.2. The Hall–Kier alpha value is -5.03. The standard InChI is InChI=1S/C30H27N7O/c1-19(34-29-26(31-3)18-33-20(2)35-29)27-15-21-10-9-13-25(22-14-24(36(4)5)17-32-16-22)28(21)30(38)37(27)23-11-7-6-8-12-23/h6-19H,1-2,4-5H3,(H,33,34,35)/t19-/m0/s1. The van der Waals surface area contributed by atoms with Crippen LogP contribution in [0.5, 0.6) is 0 Å². The second-order valence-electron chi connectivity index (χ2n) is 9.27. The molecular formula is C30H27N7O. The molecule has 0 radical (unpaired) electrons. The normalized spacial score (nSPS) is 11.7. The van der Waals surface area contributed by atoms with Gasteiger partial charge in [-0.25, -0.2) is 9.83 Å². The predicted molar refractivity (Wildman–Crippen MR) is 152 cm³/mol. The van der Waals surface area contributed by atoms with E-state index in [4.69, 9.17) is 6.57 Å². The van der Waals surface area contributed by atoms with Crippen molar-refractivity contribution in [1.29, 1.82) is 0 Å². The molecule has 0 bridgehead atoms. The summed E-state index contributed by atoms with van der Waals surface area (Å²) in [6.45, 7) is 11.2. The molecule has 38 heavy (non-hydrogen) atoms. The zero-order valence-corrected chi connectivity index (χ0v) is 21.7. The lowest BCUT2D eigenvalue weighted by atomic mass is 9.98. The summed E-state index contributed by atoms with van der Waals surface area (Å²) < 4.78 is 1.73. The van der Waals surface area contributed by atoms with Crippen LogP contribution in [-0.4, -0.2) is 33.6 Å².